The average molecular weight is 886 g/mol. The molecule has 0 radical (unpaired) electrons. The third-order valence-corrected chi connectivity index (χ3v) is 15.4. The van der Waals surface area contributed by atoms with Crippen molar-refractivity contribution in [3.8, 4) is 44.5 Å². The quantitative estimate of drug-likeness (QED) is 0.103. The lowest BCUT2D eigenvalue weighted by molar-refractivity contribution is 1.12. The van der Waals surface area contributed by atoms with Crippen molar-refractivity contribution in [2.24, 2.45) is 0 Å². The molecule has 2 atom stereocenters. The monoisotopic (exact) mass is 885 g/mol. The highest BCUT2D eigenvalue weighted by Crippen LogP contribution is 2.46. The second-order valence-electron chi connectivity index (χ2n) is 17.5. The molecule has 0 saturated carbocycles. The second-order valence-corrected chi connectivity index (χ2v) is 21.0. The highest BCUT2D eigenvalue weighted by atomic mass is 32.2. The van der Waals surface area contributed by atoms with Gasteiger partial charge >= 0.3 is 0 Å². The van der Waals surface area contributed by atoms with Gasteiger partial charge in [-0.15, -0.1) is 0 Å². The fourth-order valence-corrected chi connectivity index (χ4v) is 11.4. The lowest BCUT2D eigenvalue weighted by Crippen LogP contribution is -2.31. The van der Waals surface area contributed by atoms with Gasteiger partial charge in [0.2, 0.25) is 0 Å². The summed E-state index contributed by atoms with van der Waals surface area (Å²) in [4.78, 5) is 4.86. The molecule has 320 valence electrons. The molecule has 10 aromatic carbocycles. The minimum Gasteiger partial charge on any atom is -0.311 e. The molecule has 1 aliphatic rings. The highest BCUT2D eigenvalue weighted by Gasteiger charge is 2.21. The van der Waals surface area contributed by atoms with Crippen molar-refractivity contribution in [1.82, 2.24) is 0 Å². The molecule has 0 bridgehead atoms. The van der Waals surface area contributed by atoms with Gasteiger partial charge in [-0.25, -0.2) is 0 Å². The van der Waals surface area contributed by atoms with Crippen LogP contribution in [0.3, 0.4) is 0 Å². The van der Waals surface area contributed by atoms with Crippen LogP contribution in [-0.4, -0.2) is 24.3 Å². The van der Waals surface area contributed by atoms with E-state index in [1.54, 1.807) is 0 Å². The fraction of sp³-hybridized carbons (Fsp3) is 0.0794. The van der Waals surface area contributed by atoms with E-state index in [-0.39, 0.29) is 21.0 Å². The Morgan fingerprint density at radius 3 is 1.12 bits per heavy atom. The molecule has 0 aromatic heterocycles. The number of benzene rings is 10. The molecule has 0 aliphatic heterocycles. The van der Waals surface area contributed by atoms with Gasteiger partial charge in [0.1, 0.15) is 0 Å². The lowest BCUT2D eigenvalue weighted by Gasteiger charge is -2.26. The number of rotatable bonds is 9. The molecule has 11 rings (SSSR count). The Morgan fingerprint density at radius 1 is 0.364 bits per heavy atom. The number of nitrogens with zero attached hydrogens (tertiary/aromatic N) is 1. The predicted molar refractivity (Wildman–Crippen MR) is 295 cm³/mol. The number of aryl methyl sites for hydroxylation is 1. The molecule has 0 spiro atoms. The summed E-state index contributed by atoms with van der Waals surface area (Å²) in [5.41, 5.74) is 14.7. The third kappa shape index (κ3) is 7.43. The fourth-order valence-electron chi connectivity index (χ4n) is 10.2. The molecule has 0 saturated heterocycles. The van der Waals surface area contributed by atoms with E-state index < -0.39 is 0 Å². The van der Waals surface area contributed by atoms with Gasteiger partial charge in [0.25, 0.3) is 0 Å². The van der Waals surface area contributed by atoms with Gasteiger partial charge in [0.15, 0.2) is 0 Å². The Bertz CT molecular complexity index is 3560. The van der Waals surface area contributed by atoms with Crippen LogP contribution in [0.1, 0.15) is 18.4 Å². The van der Waals surface area contributed by atoms with E-state index in [2.05, 4.69) is 242 Å². The molecule has 0 heterocycles. The van der Waals surface area contributed by atoms with Gasteiger partial charge in [-0.05, 0) is 186 Å². The third-order valence-electron chi connectivity index (χ3n) is 13.3. The number of fused-ring (bicyclic) bond motifs is 4. The molecule has 0 fully saturated rings. The van der Waals surface area contributed by atoms with Crippen molar-refractivity contribution in [2.45, 2.75) is 29.6 Å². The zero-order chi connectivity index (χ0) is 44.9. The lowest BCUT2D eigenvalue weighted by atomic mass is 9.83. The van der Waals surface area contributed by atoms with Gasteiger partial charge in [-0.3, -0.25) is 0 Å². The molecule has 2 unspecified atom stereocenters. The standard InChI is InChI=1S/C63H51NS2/c1-42-25-27-43(28-26-42)60-52-17-6-10-21-56(52)62(57-22-11-7-18-53(57)60)45-15-14-16-46(41-45)63-58-23-12-8-19-54(58)61(55-20-9-13-24-59(55)63)44-29-31-47(32-30-44)64(48-33-37-50(38-34-48)65(2)3)49-35-39-51(40-36-49)66(4)5/h6,8-10,12-41H,2,4,7,11H2,1,3,5H3. The second kappa shape index (κ2) is 17.4. The van der Waals surface area contributed by atoms with Gasteiger partial charge in [-0.2, -0.15) is 21.0 Å². The van der Waals surface area contributed by atoms with Crippen LogP contribution in [0.15, 0.2) is 204 Å². The van der Waals surface area contributed by atoms with Crippen LogP contribution in [0, 0.1) is 6.92 Å². The van der Waals surface area contributed by atoms with Crippen LogP contribution < -0.4 is 15.3 Å². The minimum atomic E-state index is -0.0605. The van der Waals surface area contributed by atoms with Crippen molar-refractivity contribution in [1.29, 1.82) is 0 Å². The molecular formula is C63H51NS2. The minimum absolute atomic E-state index is 0.0605. The summed E-state index contributed by atoms with van der Waals surface area (Å²) in [7, 11) is -0.121. The van der Waals surface area contributed by atoms with Crippen LogP contribution >= 0.6 is 21.0 Å². The molecule has 10 aromatic rings. The maximum Gasteiger partial charge on any atom is 0.0462 e. The van der Waals surface area contributed by atoms with E-state index in [4.69, 9.17) is 0 Å². The van der Waals surface area contributed by atoms with E-state index in [1.165, 1.54) is 103 Å². The topological polar surface area (TPSA) is 3.24 Å². The SMILES string of the molecule is C=S(C)c1ccc(N(c2ccc(-c3c4ccccc4c(-c4cccc(-c5c6c(c(-c7ccc(C)cc7)c7ccccc57)=CCCC=6)c4)c4ccccc34)cc2)c2ccc(S(=C)C)cc2)cc1. The van der Waals surface area contributed by atoms with Crippen LogP contribution in [-0.2, 0) is 0 Å². The van der Waals surface area contributed by atoms with Crippen LogP contribution in [0.5, 0.6) is 0 Å². The van der Waals surface area contributed by atoms with E-state index in [9.17, 15) is 0 Å². The van der Waals surface area contributed by atoms with Crippen molar-refractivity contribution >= 4 is 94.2 Å². The zero-order valence-corrected chi connectivity index (χ0v) is 39.4. The highest BCUT2D eigenvalue weighted by molar-refractivity contribution is 8.13. The summed E-state index contributed by atoms with van der Waals surface area (Å²) in [6.45, 7) is 2.16. The summed E-state index contributed by atoms with van der Waals surface area (Å²) in [5.74, 6) is 8.58. The molecule has 3 heteroatoms. The van der Waals surface area contributed by atoms with Crippen molar-refractivity contribution < 1.29 is 0 Å². The van der Waals surface area contributed by atoms with Crippen molar-refractivity contribution in [3.05, 3.63) is 210 Å². The average Bonchev–Trinajstić information content (AvgIpc) is 3.36. The Hall–Kier alpha value is -7.04. The molecule has 1 nitrogen and oxygen atoms in total. The first-order chi connectivity index (χ1) is 32.3. The largest absolute Gasteiger partial charge is 0.311 e. The van der Waals surface area contributed by atoms with Crippen molar-refractivity contribution in [3.63, 3.8) is 0 Å². The Kier molecular flexibility index (Phi) is 11.0. The molecule has 1 aliphatic carbocycles. The summed E-state index contributed by atoms with van der Waals surface area (Å²) < 4.78 is 0. The first-order valence-electron chi connectivity index (χ1n) is 22.7. The maximum atomic E-state index is 4.29. The zero-order valence-electron chi connectivity index (χ0n) is 37.7. The van der Waals surface area contributed by atoms with Crippen molar-refractivity contribution in [2.75, 3.05) is 17.4 Å². The van der Waals surface area contributed by atoms with E-state index in [0.717, 1.165) is 29.9 Å². The normalized spacial score (nSPS) is 13.2. The van der Waals surface area contributed by atoms with Gasteiger partial charge in [-0.1, -0.05) is 157 Å². The summed E-state index contributed by atoms with van der Waals surface area (Å²) in [6, 6.07) is 72.3. The molecular weight excluding hydrogens is 835 g/mol. The first kappa shape index (κ1) is 41.7. The number of hydrogen-bond acceptors (Lipinski definition) is 1. The van der Waals surface area contributed by atoms with E-state index in [1.807, 2.05) is 0 Å². The van der Waals surface area contributed by atoms with Gasteiger partial charge in [0.05, 0.1) is 0 Å². The number of anilines is 3. The van der Waals surface area contributed by atoms with Crippen LogP contribution in [0.2, 0.25) is 0 Å². The van der Waals surface area contributed by atoms with E-state index >= 15 is 0 Å². The summed E-state index contributed by atoms with van der Waals surface area (Å²) in [6.07, 6.45) is 11.4. The van der Waals surface area contributed by atoms with Crippen LogP contribution in [0.4, 0.5) is 17.1 Å². The number of hydrogen-bond donors (Lipinski definition) is 0. The Balaban J connectivity index is 1.06. The Labute approximate surface area is 393 Å². The van der Waals surface area contributed by atoms with Gasteiger partial charge in [0, 0.05) is 26.9 Å². The Morgan fingerprint density at radius 2 is 0.697 bits per heavy atom. The van der Waals surface area contributed by atoms with Gasteiger partial charge < -0.3 is 4.90 Å². The maximum absolute atomic E-state index is 4.29. The summed E-state index contributed by atoms with van der Waals surface area (Å²) >= 11 is 0. The first-order valence-corrected chi connectivity index (χ1v) is 26.3. The molecule has 66 heavy (non-hydrogen) atoms. The van der Waals surface area contributed by atoms with Crippen LogP contribution in [0.25, 0.3) is 89.0 Å². The van der Waals surface area contributed by atoms with E-state index in [0.29, 0.717) is 0 Å². The smallest absolute Gasteiger partial charge is 0.0462 e. The molecule has 0 N–H and O–H groups in total. The molecule has 0 amide bonds. The predicted octanol–water partition coefficient (Wildman–Crippen LogP) is 16.3. The summed E-state index contributed by atoms with van der Waals surface area (Å²) in [5, 5.41) is 10.3.